The van der Waals surface area contributed by atoms with Gasteiger partial charge in [0, 0.05) is 24.2 Å². The summed E-state index contributed by atoms with van der Waals surface area (Å²) in [6.45, 7) is 3.81. The molecule has 0 aliphatic carbocycles. The van der Waals surface area contributed by atoms with Crippen molar-refractivity contribution in [1.82, 2.24) is 9.88 Å². The van der Waals surface area contributed by atoms with Crippen molar-refractivity contribution in [2.45, 2.75) is 20.0 Å². The number of benzene rings is 1. The number of hydrogen-bond donors (Lipinski definition) is 1. The highest BCUT2D eigenvalue weighted by molar-refractivity contribution is 7.15. The zero-order chi connectivity index (χ0) is 13.8. The Balaban J connectivity index is 1.98. The fourth-order valence-electron chi connectivity index (χ4n) is 2.07. The van der Waals surface area contributed by atoms with E-state index in [4.69, 9.17) is 10.5 Å². The molecule has 0 saturated heterocycles. The van der Waals surface area contributed by atoms with Crippen LogP contribution in [-0.4, -0.2) is 24.0 Å². The summed E-state index contributed by atoms with van der Waals surface area (Å²) in [4.78, 5) is 7.50. The number of methoxy groups -OCH3 is 1. The van der Waals surface area contributed by atoms with E-state index in [0.29, 0.717) is 5.13 Å². The first-order valence-corrected chi connectivity index (χ1v) is 6.92. The van der Waals surface area contributed by atoms with E-state index in [1.165, 1.54) is 10.4 Å². The molecule has 0 saturated carbocycles. The highest BCUT2D eigenvalue weighted by Gasteiger charge is 2.06. The first kappa shape index (κ1) is 13.8. The maximum Gasteiger partial charge on any atom is 0.180 e. The normalized spacial score (nSPS) is 10.9. The van der Waals surface area contributed by atoms with Crippen LogP contribution in [0.1, 0.15) is 16.0 Å². The molecule has 102 valence electrons. The third kappa shape index (κ3) is 3.68. The number of anilines is 1. The monoisotopic (exact) mass is 277 g/mol. The number of aromatic nitrogens is 1. The SMILES string of the molecule is COc1ccc(CN(C)Cc2cnc(N)s2)cc1C. The second kappa shape index (κ2) is 6.04. The molecule has 0 unspecified atom stereocenters. The first-order chi connectivity index (χ1) is 9.08. The molecule has 0 amide bonds. The standard InChI is InChI=1S/C14H19N3OS/c1-10-6-11(4-5-13(10)18-3)8-17(2)9-12-7-16-14(15)19-12/h4-7H,8-9H2,1-3H3,(H2,15,16). The van der Waals surface area contributed by atoms with Crippen LogP contribution < -0.4 is 10.5 Å². The van der Waals surface area contributed by atoms with Crippen LogP contribution in [0.2, 0.25) is 0 Å². The maximum atomic E-state index is 5.63. The van der Waals surface area contributed by atoms with Gasteiger partial charge >= 0.3 is 0 Å². The number of aryl methyl sites for hydroxylation is 1. The molecule has 1 aromatic heterocycles. The van der Waals surface area contributed by atoms with E-state index in [1.807, 2.05) is 12.3 Å². The Morgan fingerprint density at radius 2 is 2.16 bits per heavy atom. The van der Waals surface area contributed by atoms with Crippen LogP contribution in [0.4, 0.5) is 5.13 Å². The zero-order valence-corrected chi connectivity index (χ0v) is 12.3. The lowest BCUT2D eigenvalue weighted by atomic mass is 10.1. The third-order valence-electron chi connectivity index (χ3n) is 2.91. The van der Waals surface area contributed by atoms with Gasteiger partial charge in [-0.15, -0.1) is 11.3 Å². The van der Waals surface area contributed by atoms with Crippen molar-refractivity contribution in [2.24, 2.45) is 0 Å². The van der Waals surface area contributed by atoms with Crippen LogP contribution in [0, 0.1) is 6.92 Å². The minimum absolute atomic E-state index is 0.628. The maximum absolute atomic E-state index is 5.63. The highest BCUT2D eigenvalue weighted by Crippen LogP contribution is 2.20. The van der Waals surface area contributed by atoms with Crippen LogP contribution >= 0.6 is 11.3 Å². The molecular formula is C14H19N3OS. The first-order valence-electron chi connectivity index (χ1n) is 6.10. The third-order valence-corrected chi connectivity index (χ3v) is 3.72. The van der Waals surface area contributed by atoms with Crippen LogP contribution in [0.3, 0.4) is 0 Å². The fraction of sp³-hybridized carbons (Fsp3) is 0.357. The molecule has 0 aliphatic heterocycles. The van der Waals surface area contributed by atoms with Gasteiger partial charge in [-0.25, -0.2) is 4.98 Å². The molecule has 2 rings (SSSR count). The lowest BCUT2D eigenvalue weighted by molar-refractivity contribution is 0.321. The van der Waals surface area contributed by atoms with Crippen LogP contribution in [0.15, 0.2) is 24.4 Å². The Bertz CT molecular complexity index is 553. The molecule has 0 spiro atoms. The summed E-state index contributed by atoms with van der Waals surface area (Å²) in [7, 11) is 3.79. The van der Waals surface area contributed by atoms with E-state index in [1.54, 1.807) is 18.4 Å². The number of rotatable bonds is 5. The molecule has 0 aliphatic rings. The average molecular weight is 277 g/mol. The minimum Gasteiger partial charge on any atom is -0.496 e. The second-order valence-corrected chi connectivity index (χ2v) is 5.79. The second-order valence-electron chi connectivity index (χ2n) is 4.64. The van der Waals surface area contributed by atoms with Gasteiger partial charge in [-0.2, -0.15) is 0 Å². The fourth-order valence-corrected chi connectivity index (χ4v) is 2.83. The van der Waals surface area contributed by atoms with E-state index in [0.717, 1.165) is 24.4 Å². The van der Waals surface area contributed by atoms with Crippen molar-refractivity contribution in [2.75, 3.05) is 19.9 Å². The lowest BCUT2D eigenvalue weighted by Crippen LogP contribution is -2.16. The highest BCUT2D eigenvalue weighted by atomic mass is 32.1. The van der Waals surface area contributed by atoms with Gasteiger partial charge in [-0.05, 0) is 31.2 Å². The molecule has 2 aromatic rings. The summed E-state index contributed by atoms with van der Waals surface area (Å²) < 4.78 is 5.27. The zero-order valence-electron chi connectivity index (χ0n) is 11.5. The van der Waals surface area contributed by atoms with E-state index < -0.39 is 0 Å². The average Bonchev–Trinajstić information content (AvgIpc) is 2.74. The van der Waals surface area contributed by atoms with Gasteiger partial charge in [0.2, 0.25) is 0 Å². The van der Waals surface area contributed by atoms with Crippen molar-refractivity contribution >= 4 is 16.5 Å². The van der Waals surface area contributed by atoms with E-state index in [9.17, 15) is 0 Å². The summed E-state index contributed by atoms with van der Waals surface area (Å²) in [6, 6.07) is 6.28. The van der Waals surface area contributed by atoms with Crippen LogP contribution in [-0.2, 0) is 13.1 Å². The predicted octanol–water partition coefficient (Wildman–Crippen LogP) is 2.67. The van der Waals surface area contributed by atoms with Crippen molar-refractivity contribution < 1.29 is 4.74 Å². The molecule has 0 radical (unpaired) electrons. The lowest BCUT2D eigenvalue weighted by Gasteiger charge is -2.16. The quantitative estimate of drug-likeness (QED) is 0.913. The van der Waals surface area contributed by atoms with Crippen molar-refractivity contribution in [1.29, 1.82) is 0 Å². The van der Waals surface area contributed by atoms with E-state index >= 15 is 0 Å². The Kier molecular flexibility index (Phi) is 4.39. The Labute approximate surface area is 117 Å². The Hall–Kier alpha value is -1.59. The van der Waals surface area contributed by atoms with Gasteiger partial charge in [-0.3, -0.25) is 4.90 Å². The molecule has 0 bridgehead atoms. The summed E-state index contributed by atoms with van der Waals surface area (Å²) in [6.07, 6.45) is 1.84. The van der Waals surface area contributed by atoms with E-state index in [2.05, 4.69) is 36.0 Å². The summed E-state index contributed by atoms with van der Waals surface area (Å²) in [5.74, 6) is 0.932. The number of ether oxygens (including phenoxy) is 1. The number of nitrogens with two attached hydrogens (primary N) is 1. The largest absolute Gasteiger partial charge is 0.496 e. The number of nitrogen functional groups attached to an aromatic ring is 1. The Morgan fingerprint density at radius 3 is 2.74 bits per heavy atom. The molecule has 5 heteroatoms. The molecule has 19 heavy (non-hydrogen) atoms. The molecule has 0 atom stereocenters. The van der Waals surface area contributed by atoms with Gasteiger partial charge < -0.3 is 10.5 Å². The molecule has 1 heterocycles. The van der Waals surface area contributed by atoms with Gasteiger partial charge in [0.05, 0.1) is 7.11 Å². The molecule has 0 fully saturated rings. The number of thiazole rings is 1. The molecule has 2 N–H and O–H groups in total. The summed E-state index contributed by atoms with van der Waals surface area (Å²) >= 11 is 1.54. The number of nitrogens with zero attached hydrogens (tertiary/aromatic N) is 2. The summed E-state index contributed by atoms with van der Waals surface area (Å²) in [5, 5.41) is 0.628. The number of hydrogen-bond acceptors (Lipinski definition) is 5. The van der Waals surface area contributed by atoms with Crippen molar-refractivity contribution in [3.05, 3.63) is 40.4 Å². The van der Waals surface area contributed by atoms with Crippen LogP contribution in [0.5, 0.6) is 5.75 Å². The van der Waals surface area contributed by atoms with Gasteiger partial charge in [-0.1, -0.05) is 12.1 Å². The minimum atomic E-state index is 0.628. The molecule has 4 nitrogen and oxygen atoms in total. The van der Waals surface area contributed by atoms with Gasteiger partial charge in [0.15, 0.2) is 5.13 Å². The molecule has 1 aromatic carbocycles. The van der Waals surface area contributed by atoms with E-state index in [-0.39, 0.29) is 0 Å². The summed E-state index contributed by atoms with van der Waals surface area (Å²) in [5.41, 5.74) is 8.07. The van der Waals surface area contributed by atoms with Crippen molar-refractivity contribution in [3.63, 3.8) is 0 Å². The van der Waals surface area contributed by atoms with Crippen molar-refractivity contribution in [3.8, 4) is 5.75 Å². The topological polar surface area (TPSA) is 51.4 Å². The Morgan fingerprint density at radius 1 is 1.37 bits per heavy atom. The predicted molar refractivity (Wildman–Crippen MR) is 79.4 cm³/mol. The van der Waals surface area contributed by atoms with Gasteiger partial charge in [0.25, 0.3) is 0 Å². The van der Waals surface area contributed by atoms with Crippen LogP contribution in [0.25, 0.3) is 0 Å². The smallest absolute Gasteiger partial charge is 0.180 e. The molecular weight excluding hydrogens is 258 g/mol. The van der Waals surface area contributed by atoms with Gasteiger partial charge in [0.1, 0.15) is 5.75 Å².